The first-order chi connectivity index (χ1) is 11.5. The molecule has 2 atom stereocenters. The van der Waals surface area contributed by atoms with Gasteiger partial charge in [-0.05, 0) is 30.2 Å². The smallest absolute Gasteiger partial charge is 0.409 e. The highest BCUT2D eigenvalue weighted by molar-refractivity contribution is 6.15. The van der Waals surface area contributed by atoms with Crippen molar-refractivity contribution in [2.24, 2.45) is 11.8 Å². The van der Waals surface area contributed by atoms with Crippen LogP contribution in [0, 0.1) is 11.8 Å². The van der Waals surface area contributed by atoms with Crippen molar-refractivity contribution in [3.8, 4) is 0 Å². The maximum atomic E-state index is 12.7. The normalized spacial score (nSPS) is 22.5. The van der Waals surface area contributed by atoms with Crippen molar-refractivity contribution in [3.05, 3.63) is 65.3 Å². The third-order valence-corrected chi connectivity index (χ3v) is 4.45. The summed E-state index contributed by atoms with van der Waals surface area (Å²) in [6.45, 7) is 1.71. The summed E-state index contributed by atoms with van der Waals surface area (Å²) in [5.74, 6) is -0.799. The van der Waals surface area contributed by atoms with Crippen LogP contribution in [0.4, 0.5) is 10.5 Å². The van der Waals surface area contributed by atoms with Gasteiger partial charge in [0, 0.05) is 17.7 Å². The molecule has 3 rings (SSSR count). The van der Waals surface area contributed by atoms with Crippen LogP contribution in [0.5, 0.6) is 0 Å². The summed E-state index contributed by atoms with van der Waals surface area (Å²) < 4.78 is 0. The topological polar surface area (TPSA) is 83.5 Å². The third kappa shape index (κ3) is 2.93. The SMILES string of the molecule is CC1=C(Cc2ccc(NC(=O)O)cc2)C(=O)C2C=CC=CC2C1=O. The van der Waals surface area contributed by atoms with Gasteiger partial charge in [0.15, 0.2) is 11.6 Å². The van der Waals surface area contributed by atoms with Crippen molar-refractivity contribution in [1.82, 2.24) is 0 Å². The molecule has 24 heavy (non-hydrogen) atoms. The molecule has 1 amide bonds. The molecule has 122 valence electrons. The predicted molar refractivity (Wildman–Crippen MR) is 89.8 cm³/mol. The Morgan fingerprint density at radius 2 is 1.62 bits per heavy atom. The first-order valence-corrected chi connectivity index (χ1v) is 7.69. The first-order valence-electron chi connectivity index (χ1n) is 7.69. The second-order valence-electron chi connectivity index (χ2n) is 5.96. The maximum Gasteiger partial charge on any atom is 0.409 e. The molecule has 0 bridgehead atoms. The molecule has 0 fully saturated rings. The summed E-state index contributed by atoms with van der Waals surface area (Å²) in [6.07, 6.45) is 6.42. The van der Waals surface area contributed by atoms with E-state index in [1.165, 1.54) is 0 Å². The van der Waals surface area contributed by atoms with Gasteiger partial charge in [0.1, 0.15) is 0 Å². The quantitative estimate of drug-likeness (QED) is 0.895. The van der Waals surface area contributed by atoms with Gasteiger partial charge in [-0.3, -0.25) is 14.9 Å². The predicted octanol–water partition coefficient (Wildman–Crippen LogP) is 3.15. The molecule has 5 nitrogen and oxygen atoms in total. The van der Waals surface area contributed by atoms with Crippen molar-refractivity contribution in [1.29, 1.82) is 0 Å². The minimum Gasteiger partial charge on any atom is -0.465 e. The molecule has 0 saturated carbocycles. The second-order valence-corrected chi connectivity index (χ2v) is 5.96. The summed E-state index contributed by atoms with van der Waals surface area (Å²) >= 11 is 0. The molecule has 0 saturated heterocycles. The van der Waals surface area contributed by atoms with Gasteiger partial charge in [0.05, 0.1) is 11.8 Å². The number of nitrogens with one attached hydrogen (secondary N) is 1. The average molecular weight is 323 g/mol. The molecule has 2 unspecified atom stereocenters. The number of carboxylic acid groups (broad SMARTS) is 1. The summed E-state index contributed by atoms with van der Waals surface area (Å²) in [4.78, 5) is 35.9. The lowest BCUT2D eigenvalue weighted by molar-refractivity contribution is -0.127. The van der Waals surface area contributed by atoms with Crippen LogP contribution in [0.3, 0.4) is 0 Å². The molecule has 1 aromatic rings. The highest BCUT2D eigenvalue weighted by Crippen LogP contribution is 2.34. The van der Waals surface area contributed by atoms with E-state index in [9.17, 15) is 14.4 Å². The van der Waals surface area contributed by atoms with E-state index in [2.05, 4.69) is 5.32 Å². The van der Waals surface area contributed by atoms with Crippen molar-refractivity contribution in [2.45, 2.75) is 13.3 Å². The molecule has 2 aliphatic rings. The Labute approximate surface area is 139 Å². The monoisotopic (exact) mass is 323 g/mol. The Balaban J connectivity index is 1.85. The van der Waals surface area contributed by atoms with Crippen molar-refractivity contribution in [2.75, 3.05) is 5.32 Å². The van der Waals surface area contributed by atoms with Crippen LogP contribution in [0.25, 0.3) is 0 Å². The standard InChI is InChI=1S/C19H17NO4/c1-11-16(10-12-6-8-13(9-7-12)20-19(23)24)18(22)15-5-3-2-4-14(15)17(11)21/h2-9,14-15,20H,10H2,1H3,(H,23,24). The molecule has 0 spiro atoms. The molecular formula is C19H17NO4. The molecule has 0 heterocycles. The van der Waals surface area contributed by atoms with Crippen LogP contribution >= 0.6 is 0 Å². The number of carbonyl (C=O) groups is 3. The molecule has 0 aliphatic heterocycles. The van der Waals surface area contributed by atoms with E-state index < -0.39 is 12.0 Å². The Morgan fingerprint density at radius 1 is 1.04 bits per heavy atom. The number of fused-ring (bicyclic) bond motifs is 1. The molecular weight excluding hydrogens is 306 g/mol. The summed E-state index contributed by atoms with van der Waals surface area (Å²) in [6, 6.07) is 6.79. The zero-order chi connectivity index (χ0) is 17.3. The van der Waals surface area contributed by atoms with E-state index in [0.29, 0.717) is 23.3 Å². The van der Waals surface area contributed by atoms with Gasteiger partial charge in [-0.2, -0.15) is 0 Å². The molecule has 0 radical (unpaired) electrons. The molecule has 2 aliphatic carbocycles. The van der Waals surface area contributed by atoms with Crippen LogP contribution in [-0.2, 0) is 16.0 Å². The Bertz CT molecular complexity index is 799. The number of ketones is 2. The number of anilines is 1. The van der Waals surface area contributed by atoms with E-state index >= 15 is 0 Å². The number of hydrogen-bond acceptors (Lipinski definition) is 3. The van der Waals surface area contributed by atoms with Gasteiger partial charge in [-0.1, -0.05) is 36.4 Å². The number of allylic oxidation sites excluding steroid dienone is 6. The highest BCUT2D eigenvalue weighted by Gasteiger charge is 2.39. The van der Waals surface area contributed by atoms with Gasteiger partial charge in [0.25, 0.3) is 0 Å². The van der Waals surface area contributed by atoms with E-state index in [-0.39, 0.29) is 17.5 Å². The summed E-state index contributed by atoms with van der Waals surface area (Å²) in [5, 5.41) is 11.0. The van der Waals surface area contributed by atoms with E-state index in [1.807, 2.05) is 0 Å². The average Bonchev–Trinajstić information content (AvgIpc) is 2.58. The number of hydrogen-bond donors (Lipinski definition) is 2. The van der Waals surface area contributed by atoms with Crippen molar-refractivity contribution < 1.29 is 19.5 Å². The molecule has 2 N–H and O–H groups in total. The number of carbonyl (C=O) groups excluding carboxylic acids is 2. The van der Waals surface area contributed by atoms with Crippen LogP contribution < -0.4 is 5.32 Å². The van der Waals surface area contributed by atoms with Gasteiger partial charge < -0.3 is 5.11 Å². The second kappa shape index (κ2) is 6.28. The van der Waals surface area contributed by atoms with Crippen molar-refractivity contribution >= 4 is 23.3 Å². The lowest BCUT2D eigenvalue weighted by atomic mass is 9.71. The van der Waals surface area contributed by atoms with E-state index in [1.54, 1.807) is 55.5 Å². The maximum absolute atomic E-state index is 12.7. The van der Waals surface area contributed by atoms with E-state index in [4.69, 9.17) is 5.11 Å². The summed E-state index contributed by atoms with van der Waals surface area (Å²) in [7, 11) is 0. The van der Waals surface area contributed by atoms with Gasteiger partial charge in [-0.25, -0.2) is 4.79 Å². The zero-order valence-electron chi connectivity index (χ0n) is 13.2. The van der Waals surface area contributed by atoms with Crippen molar-refractivity contribution in [3.63, 3.8) is 0 Å². The third-order valence-electron chi connectivity index (χ3n) is 4.45. The Morgan fingerprint density at radius 3 is 2.21 bits per heavy atom. The Hall–Kier alpha value is -2.95. The van der Waals surface area contributed by atoms with E-state index in [0.717, 1.165) is 5.56 Å². The molecule has 5 heteroatoms. The van der Waals surface area contributed by atoms with Crippen LogP contribution in [0.2, 0.25) is 0 Å². The molecule has 0 aromatic heterocycles. The zero-order valence-corrected chi connectivity index (χ0v) is 13.2. The summed E-state index contributed by atoms with van der Waals surface area (Å²) in [5.41, 5.74) is 2.38. The fourth-order valence-electron chi connectivity index (χ4n) is 3.15. The molecule has 1 aromatic carbocycles. The minimum absolute atomic E-state index is 0.000589. The van der Waals surface area contributed by atoms with Crippen LogP contribution in [-0.4, -0.2) is 22.8 Å². The number of benzene rings is 1. The largest absolute Gasteiger partial charge is 0.465 e. The van der Waals surface area contributed by atoms with Gasteiger partial charge in [0.2, 0.25) is 0 Å². The lowest BCUT2D eigenvalue weighted by Crippen LogP contribution is -2.36. The fraction of sp³-hybridized carbons (Fsp3) is 0.211. The lowest BCUT2D eigenvalue weighted by Gasteiger charge is -2.29. The fourth-order valence-corrected chi connectivity index (χ4v) is 3.15. The van der Waals surface area contributed by atoms with Gasteiger partial charge >= 0.3 is 6.09 Å². The number of amides is 1. The van der Waals surface area contributed by atoms with Gasteiger partial charge in [-0.15, -0.1) is 0 Å². The van der Waals surface area contributed by atoms with Crippen LogP contribution in [0.15, 0.2) is 59.7 Å². The first kappa shape index (κ1) is 15.9. The Kier molecular flexibility index (Phi) is 4.16. The van der Waals surface area contributed by atoms with Crippen LogP contribution in [0.1, 0.15) is 12.5 Å². The highest BCUT2D eigenvalue weighted by atomic mass is 16.4. The minimum atomic E-state index is -1.13. The number of Topliss-reactive ketones (excluding diaryl/α,β-unsaturated/α-hetero) is 2. The number of rotatable bonds is 3.